The number of carbonyl (C=O) groups excluding carboxylic acids is 1. The monoisotopic (exact) mass is 331 g/mol. The van der Waals surface area contributed by atoms with E-state index in [0.29, 0.717) is 6.42 Å². The van der Waals surface area contributed by atoms with Gasteiger partial charge >= 0.3 is 0 Å². The van der Waals surface area contributed by atoms with Gasteiger partial charge in [-0.1, -0.05) is 0 Å². The molecule has 1 aromatic carbocycles. The summed E-state index contributed by atoms with van der Waals surface area (Å²) in [5.41, 5.74) is 3.92. The van der Waals surface area contributed by atoms with Crippen molar-refractivity contribution in [3.63, 3.8) is 0 Å². The average molecular weight is 332 g/mol. The molecule has 0 unspecified atom stereocenters. The molecule has 2 heterocycles. The second kappa shape index (κ2) is 4.90. The van der Waals surface area contributed by atoms with Crippen molar-refractivity contribution in [1.82, 2.24) is 4.98 Å². The van der Waals surface area contributed by atoms with Crippen molar-refractivity contribution >= 4 is 39.0 Å². The summed E-state index contributed by atoms with van der Waals surface area (Å²) < 4.78 is 0.990. The van der Waals surface area contributed by atoms with Crippen molar-refractivity contribution in [3.8, 4) is 0 Å². The molecule has 20 heavy (non-hydrogen) atoms. The largest absolute Gasteiger partial charge is 0.340 e. The fraction of sp³-hybridized carbons (Fsp3) is 0.200. The molecule has 1 aliphatic rings. The van der Waals surface area contributed by atoms with E-state index >= 15 is 0 Å². The first kappa shape index (κ1) is 13.1. The van der Waals surface area contributed by atoms with E-state index in [1.54, 1.807) is 11.9 Å². The Bertz CT molecular complexity index is 700. The van der Waals surface area contributed by atoms with Crippen LogP contribution in [0.5, 0.6) is 0 Å². The second-order valence-corrected chi connectivity index (χ2v) is 5.72. The zero-order valence-corrected chi connectivity index (χ0v) is 12.9. The number of fused-ring (bicyclic) bond motifs is 1. The molecular weight excluding hydrogens is 318 g/mol. The Kier molecular flexibility index (Phi) is 3.22. The first-order valence-corrected chi connectivity index (χ1v) is 7.13. The quantitative estimate of drug-likeness (QED) is 0.917. The fourth-order valence-electron chi connectivity index (χ4n) is 2.31. The van der Waals surface area contributed by atoms with Gasteiger partial charge in [-0.05, 0) is 58.7 Å². The summed E-state index contributed by atoms with van der Waals surface area (Å²) in [6.07, 6.45) is 0.466. The number of pyridine rings is 1. The Hall–Kier alpha value is -1.88. The maximum Gasteiger partial charge on any atom is 0.231 e. The molecule has 0 aliphatic carbocycles. The lowest BCUT2D eigenvalue weighted by molar-refractivity contribution is -0.117. The maximum atomic E-state index is 11.7. The third kappa shape index (κ3) is 2.29. The van der Waals surface area contributed by atoms with Crippen LogP contribution in [0.4, 0.5) is 17.2 Å². The number of aromatic nitrogens is 1. The predicted octanol–water partition coefficient (Wildman–Crippen LogP) is 3.42. The summed E-state index contributed by atoms with van der Waals surface area (Å²) >= 11 is 3.44. The van der Waals surface area contributed by atoms with Gasteiger partial charge in [-0.25, -0.2) is 4.98 Å². The summed E-state index contributed by atoms with van der Waals surface area (Å²) in [5, 5.41) is 3.27. The number of benzene rings is 1. The normalized spacial score (nSPS) is 13.6. The minimum atomic E-state index is 0.134. The number of carbonyl (C=O) groups is 1. The van der Waals surface area contributed by atoms with Gasteiger partial charge in [0, 0.05) is 22.9 Å². The number of likely N-dealkylation sites (N-methyl/N-ethyl adjacent to an activating group) is 1. The van der Waals surface area contributed by atoms with Gasteiger partial charge in [-0.15, -0.1) is 0 Å². The molecule has 0 saturated carbocycles. The van der Waals surface area contributed by atoms with Crippen LogP contribution in [-0.4, -0.2) is 17.9 Å². The minimum absolute atomic E-state index is 0.134. The number of aryl methyl sites for hydroxylation is 1. The molecule has 1 aromatic heterocycles. The summed E-state index contributed by atoms with van der Waals surface area (Å²) in [5.74, 6) is 0.929. The van der Waals surface area contributed by atoms with E-state index < -0.39 is 0 Å². The van der Waals surface area contributed by atoms with Crippen LogP contribution in [0.2, 0.25) is 0 Å². The Morgan fingerprint density at radius 2 is 2.10 bits per heavy atom. The van der Waals surface area contributed by atoms with Crippen LogP contribution in [0.25, 0.3) is 0 Å². The van der Waals surface area contributed by atoms with Gasteiger partial charge in [-0.2, -0.15) is 0 Å². The first-order valence-electron chi connectivity index (χ1n) is 6.34. The number of amides is 1. The molecule has 0 radical (unpaired) electrons. The standard InChI is InChI=1S/C15H14BrN3O/c1-9-12(16)4-6-14(17-9)18-11-3-5-13-10(7-11)8-15(20)19(13)2/h3-7H,8H2,1-2H3,(H,17,18). The van der Waals surface area contributed by atoms with Crippen LogP contribution in [0.1, 0.15) is 11.3 Å². The molecule has 0 bridgehead atoms. The van der Waals surface area contributed by atoms with Gasteiger partial charge in [0.05, 0.1) is 12.1 Å². The number of rotatable bonds is 2. The van der Waals surface area contributed by atoms with Crippen molar-refractivity contribution < 1.29 is 4.79 Å². The molecule has 0 atom stereocenters. The van der Waals surface area contributed by atoms with E-state index in [1.807, 2.05) is 37.3 Å². The molecule has 3 rings (SSSR count). The Balaban J connectivity index is 1.87. The fourth-order valence-corrected chi connectivity index (χ4v) is 2.53. The molecule has 5 heteroatoms. The first-order chi connectivity index (χ1) is 9.54. The zero-order valence-electron chi connectivity index (χ0n) is 11.3. The number of hydrogen-bond donors (Lipinski definition) is 1. The molecule has 0 spiro atoms. The summed E-state index contributed by atoms with van der Waals surface area (Å²) in [6.45, 7) is 1.95. The molecule has 0 saturated heterocycles. The van der Waals surface area contributed by atoms with Gasteiger partial charge < -0.3 is 10.2 Å². The number of anilines is 3. The smallest absolute Gasteiger partial charge is 0.231 e. The van der Waals surface area contributed by atoms with Gasteiger partial charge in [-0.3, -0.25) is 4.79 Å². The molecule has 0 fully saturated rings. The highest BCUT2D eigenvalue weighted by atomic mass is 79.9. The highest BCUT2D eigenvalue weighted by Gasteiger charge is 2.23. The zero-order chi connectivity index (χ0) is 14.3. The molecule has 1 amide bonds. The number of halogens is 1. The Labute approximate surface area is 126 Å². The Morgan fingerprint density at radius 1 is 1.30 bits per heavy atom. The second-order valence-electron chi connectivity index (χ2n) is 4.86. The van der Waals surface area contributed by atoms with Crippen LogP contribution >= 0.6 is 15.9 Å². The van der Waals surface area contributed by atoms with Gasteiger partial charge in [0.2, 0.25) is 5.91 Å². The number of nitrogens with one attached hydrogen (secondary N) is 1. The molecular formula is C15H14BrN3O. The van der Waals surface area contributed by atoms with E-state index in [0.717, 1.165) is 32.9 Å². The molecule has 102 valence electrons. The van der Waals surface area contributed by atoms with Crippen LogP contribution in [0.3, 0.4) is 0 Å². The number of nitrogens with zero attached hydrogens (tertiary/aromatic N) is 2. The van der Waals surface area contributed by atoms with Crippen LogP contribution in [-0.2, 0) is 11.2 Å². The lowest BCUT2D eigenvalue weighted by atomic mass is 10.1. The number of hydrogen-bond acceptors (Lipinski definition) is 3. The van der Waals surface area contributed by atoms with Crippen molar-refractivity contribution in [2.24, 2.45) is 0 Å². The summed E-state index contributed by atoms with van der Waals surface area (Å²) in [4.78, 5) is 17.8. The van der Waals surface area contributed by atoms with Crippen LogP contribution < -0.4 is 10.2 Å². The van der Waals surface area contributed by atoms with Gasteiger partial charge in [0.25, 0.3) is 0 Å². The van der Waals surface area contributed by atoms with E-state index in [4.69, 9.17) is 0 Å². The van der Waals surface area contributed by atoms with Crippen LogP contribution in [0.15, 0.2) is 34.8 Å². The molecule has 1 N–H and O–H groups in total. The minimum Gasteiger partial charge on any atom is -0.340 e. The van der Waals surface area contributed by atoms with E-state index in [1.165, 1.54) is 0 Å². The predicted molar refractivity (Wildman–Crippen MR) is 83.5 cm³/mol. The van der Waals surface area contributed by atoms with Crippen molar-refractivity contribution in [2.75, 3.05) is 17.3 Å². The van der Waals surface area contributed by atoms with Crippen LogP contribution in [0, 0.1) is 6.92 Å². The van der Waals surface area contributed by atoms with Gasteiger partial charge in [0.1, 0.15) is 5.82 Å². The highest BCUT2D eigenvalue weighted by Crippen LogP contribution is 2.31. The third-order valence-electron chi connectivity index (χ3n) is 3.45. The summed E-state index contributed by atoms with van der Waals surface area (Å²) in [6, 6.07) is 9.83. The van der Waals surface area contributed by atoms with Crippen molar-refractivity contribution in [1.29, 1.82) is 0 Å². The van der Waals surface area contributed by atoms with E-state index in [9.17, 15) is 4.79 Å². The topological polar surface area (TPSA) is 45.2 Å². The average Bonchev–Trinajstić information content (AvgIpc) is 2.69. The third-order valence-corrected chi connectivity index (χ3v) is 4.29. The van der Waals surface area contributed by atoms with E-state index in [-0.39, 0.29) is 5.91 Å². The van der Waals surface area contributed by atoms with E-state index in [2.05, 4.69) is 26.2 Å². The molecule has 4 nitrogen and oxygen atoms in total. The maximum absolute atomic E-state index is 11.7. The van der Waals surface area contributed by atoms with Crippen molar-refractivity contribution in [2.45, 2.75) is 13.3 Å². The highest BCUT2D eigenvalue weighted by molar-refractivity contribution is 9.10. The lowest BCUT2D eigenvalue weighted by Gasteiger charge is -2.11. The summed E-state index contributed by atoms with van der Waals surface area (Å²) in [7, 11) is 1.81. The van der Waals surface area contributed by atoms with Crippen molar-refractivity contribution in [3.05, 3.63) is 46.1 Å². The van der Waals surface area contributed by atoms with Gasteiger partial charge in [0.15, 0.2) is 0 Å². The lowest BCUT2D eigenvalue weighted by Crippen LogP contribution is -2.20. The molecule has 2 aromatic rings. The SMILES string of the molecule is Cc1nc(Nc2ccc3c(c2)CC(=O)N3C)ccc1Br. The Morgan fingerprint density at radius 3 is 2.85 bits per heavy atom. The molecule has 1 aliphatic heterocycles.